The summed E-state index contributed by atoms with van der Waals surface area (Å²) in [7, 11) is 2.17. The van der Waals surface area contributed by atoms with Gasteiger partial charge in [0, 0.05) is 30.5 Å². The molecule has 2 aliphatic rings. The lowest BCUT2D eigenvalue weighted by molar-refractivity contribution is -0.151. The number of fused-ring (bicyclic) bond motifs is 1. The van der Waals surface area contributed by atoms with E-state index in [-0.39, 0.29) is 12.0 Å². The van der Waals surface area contributed by atoms with Crippen LogP contribution in [0, 0.1) is 11.3 Å². The number of hydrogen-bond donors (Lipinski definition) is 1. The zero-order valence-corrected chi connectivity index (χ0v) is 11.2. The maximum Gasteiger partial charge on any atom is 0.0698 e. The quantitative estimate of drug-likeness (QED) is 0.699. The van der Waals surface area contributed by atoms with Crippen LogP contribution in [0.2, 0.25) is 0 Å². The number of ether oxygens (including phenoxy) is 2. The SMILES string of the molecule is CN(CCOCCO)[C@@H]1[C@H]2CCO[C@H]2C1(C)C. The zero-order chi connectivity index (χ0) is 12.5. The van der Waals surface area contributed by atoms with Crippen molar-refractivity contribution in [1.82, 2.24) is 4.90 Å². The first-order valence-corrected chi connectivity index (χ1v) is 6.59. The molecule has 1 saturated carbocycles. The first-order chi connectivity index (χ1) is 8.09. The van der Waals surface area contributed by atoms with E-state index >= 15 is 0 Å². The predicted octanol–water partition coefficient (Wildman–Crippen LogP) is 0.741. The predicted molar refractivity (Wildman–Crippen MR) is 66.0 cm³/mol. The average molecular weight is 243 g/mol. The Bertz CT molecular complexity index is 257. The molecule has 0 radical (unpaired) electrons. The second-order valence-electron chi connectivity index (χ2n) is 5.83. The van der Waals surface area contributed by atoms with Gasteiger partial charge in [-0.15, -0.1) is 0 Å². The first kappa shape index (κ1) is 13.3. The molecule has 1 aliphatic carbocycles. The zero-order valence-electron chi connectivity index (χ0n) is 11.2. The Balaban J connectivity index is 1.80. The van der Waals surface area contributed by atoms with E-state index in [1.807, 2.05) is 0 Å². The van der Waals surface area contributed by atoms with Gasteiger partial charge in [-0.25, -0.2) is 0 Å². The van der Waals surface area contributed by atoms with Crippen molar-refractivity contribution in [3.8, 4) is 0 Å². The highest BCUT2D eigenvalue weighted by Gasteiger charge is 2.60. The number of aliphatic hydroxyl groups excluding tert-OH is 1. The fraction of sp³-hybridized carbons (Fsp3) is 1.00. The summed E-state index contributed by atoms with van der Waals surface area (Å²) in [5.74, 6) is 0.702. The van der Waals surface area contributed by atoms with Gasteiger partial charge in [0.15, 0.2) is 0 Å². The minimum atomic E-state index is 0.108. The molecule has 1 N–H and O–H groups in total. The Hall–Kier alpha value is -0.160. The van der Waals surface area contributed by atoms with Crippen molar-refractivity contribution in [2.75, 3.05) is 40.0 Å². The second kappa shape index (κ2) is 5.22. The molecular weight excluding hydrogens is 218 g/mol. The van der Waals surface area contributed by atoms with Gasteiger partial charge in [-0.1, -0.05) is 13.8 Å². The lowest BCUT2D eigenvalue weighted by atomic mass is 9.57. The summed E-state index contributed by atoms with van der Waals surface area (Å²) in [6, 6.07) is 0.604. The van der Waals surface area contributed by atoms with Crippen molar-refractivity contribution in [3.05, 3.63) is 0 Å². The van der Waals surface area contributed by atoms with Crippen molar-refractivity contribution in [2.24, 2.45) is 11.3 Å². The molecule has 0 aromatic rings. The van der Waals surface area contributed by atoms with Crippen LogP contribution in [-0.2, 0) is 9.47 Å². The molecule has 1 heterocycles. The Labute approximate surface area is 104 Å². The normalized spacial score (nSPS) is 34.8. The van der Waals surface area contributed by atoms with Crippen LogP contribution in [0.3, 0.4) is 0 Å². The Morgan fingerprint density at radius 3 is 2.88 bits per heavy atom. The Morgan fingerprint density at radius 1 is 1.41 bits per heavy atom. The number of aliphatic hydroxyl groups is 1. The topological polar surface area (TPSA) is 41.9 Å². The minimum absolute atomic E-state index is 0.108. The molecule has 17 heavy (non-hydrogen) atoms. The minimum Gasteiger partial charge on any atom is -0.394 e. The van der Waals surface area contributed by atoms with Gasteiger partial charge in [0.25, 0.3) is 0 Å². The third-order valence-electron chi connectivity index (χ3n) is 4.34. The molecule has 3 atom stereocenters. The molecular formula is C13H25NO3. The molecule has 0 aromatic carbocycles. The average Bonchev–Trinajstić information content (AvgIpc) is 2.70. The third kappa shape index (κ3) is 2.36. The third-order valence-corrected chi connectivity index (χ3v) is 4.34. The van der Waals surface area contributed by atoms with Gasteiger partial charge in [0.1, 0.15) is 0 Å². The number of rotatable bonds is 6. The van der Waals surface area contributed by atoms with E-state index in [1.54, 1.807) is 0 Å². The molecule has 4 nitrogen and oxygen atoms in total. The van der Waals surface area contributed by atoms with Crippen molar-refractivity contribution >= 4 is 0 Å². The van der Waals surface area contributed by atoms with Crippen LogP contribution in [0.15, 0.2) is 0 Å². The lowest BCUT2D eigenvalue weighted by Crippen LogP contribution is -2.66. The monoisotopic (exact) mass is 243 g/mol. The van der Waals surface area contributed by atoms with Crippen LogP contribution >= 0.6 is 0 Å². The number of hydrogen-bond acceptors (Lipinski definition) is 4. The number of likely N-dealkylation sites (N-methyl/N-ethyl adjacent to an activating group) is 1. The summed E-state index contributed by atoms with van der Waals surface area (Å²) >= 11 is 0. The van der Waals surface area contributed by atoms with Gasteiger partial charge < -0.3 is 19.5 Å². The van der Waals surface area contributed by atoms with Gasteiger partial charge in [-0.3, -0.25) is 0 Å². The van der Waals surface area contributed by atoms with Crippen molar-refractivity contribution < 1.29 is 14.6 Å². The second-order valence-corrected chi connectivity index (χ2v) is 5.83. The smallest absolute Gasteiger partial charge is 0.0698 e. The molecule has 4 heteroatoms. The largest absolute Gasteiger partial charge is 0.394 e. The van der Waals surface area contributed by atoms with Crippen molar-refractivity contribution in [1.29, 1.82) is 0 Å². The summed E-state index contributed by atoms with van der Waals surface area (Å²) in [5, 5.41) is 8.65. The van der Waals surface area contributed by atoms with E-state index in [9.17, 15) is 0 Å². The summed E-state index contributed by atoms with van der Waals surface area (Å²) < 4.78 is 11.1. The van der Waals surface area contributed by atoms with Gasteiger partial charge >= 0.3 is 0 Å². The summed E-state index contributed by atoms with van der Waals surface area (Å²) in [6.45, 7) is 7.70. The molecule has 0 unspecified atom stereocenters. The van der Waals surface area contributed by atoms with Crippen molar-refractivity contribution in [2.45, 2.75) is 32.4 Å². The van der Waals surface area contributed by atoms with E-state index in [0.717, 1.165) is 13.2 Å². The highest BCUT2D eigenvalue weighted by Crippen LogP contribution is 2.54. The van der Waals surface area contributed by atoms with Crippen LogP contribution in [0.5, 0.6) is 0 Å². The first-order valence-electron chi connectivity index (χ1n) is 6.59. The molecule has 0 bridgehead atoms. The standard InChI is InChI=1S/C13H25NO3/c1-13(2)11(10-4-7-17-12(10)13)14(3)5-8-16-9-6-15/h10-12,15H,4-9H2,1-3H3/t10-,11-,12-/m1/s1. The van der Waals surface area contributed by atoms with Gasteiger partial charge in [0.05, 0.1) is 25.9 Å². The summed E-state index contributed by atoms with van der Waals surface area (Å²) in [5.41, 5.74) is 0.257. The molecule has 0 amide bonds. The van der Waals surface area contributed by atoms with Gasteiger partial charge in [-0.2, -0.15) is 0 Å². The maximum absolute atomic E-state index is 8.65. The van der Waals surface area contributed by atoms with Crippen molar-refractivity contribution in [3.63, 3.8) is 0 Å². The van der Waals surface area contributed by atoms with E-state index in [2.05, 4.69) is 25.8 Å². The van der Waals surface area contributed by atoms with E-state index < -0.39 is 0 Å². The molecule has 0 spiro atoms. The highest BCUT2D eigenvalue weighted by molar-refractivity contribution is 5.11. The molecule has 1 aliphatic heterocycles. The van der Waals surface area contributed by atoms with Crippen LogP contribution in [0.1, 0.15) is 20.3 Å². The van der Waals surface area contributed by atoms with E-state index in [1.165, 1.54) is 6.42 Å². The van der Waals surface area contributed by atoms with Crippen LogP contribution in [-0.4, -0.2) is 62.2 Å². The van der Waals surface area contributed by atoms with E-state index in [4.69, 9.17) is 14.6 Å². The Morgan fingerprint density at radius 2 is 2.18 bits per heavy atom. The Kier molecular flexibility index (Phi) is 4.08. The van der Waals surface area contributed by atoms with Crippen LogP contribution < -0.4 is 0 Å². The highest BCUT2D eigenvalue weighted by atomic mass is 16.5. The van der Waals surface area contributed by atoms with Crippen LogP contribution in [0.4, 0.5) is 0 Å². The molecule has 0 aromatic heterocycles. The molecule has 2 rings (SSSR count). The van der Waals surface area contributed by atoms with Crippen LogP contribution in [0.25, 0.3) is 0 Å². The maximum atomic E-state index is 8.65. The molecule has 100 valence electrons. The fourth-order valence-electron chi connectivity index (χ4n) is 3.71. The molecule has 2 fully saturated rings. The van der Waals surface area contributed by atoms with E-state index in [0.29, 0.717) is 31.3 Å². The van der Waals surface area contributed by atoms with Gasteiger partial charge in [-0.05, 0) is 13.5 Å². The molecule has 1 saturated heterocycles. The summed E-state index contributed by atoms with van der Waals surface area (Å²) in [4.78, 5) is 2.40. The number of nitrogens with zero attached hydrogens (tertiary/aromatic N) is 1. The van der Waals surface area contributed by atoms with Gasteiger partial charge in [0.2, 0.25) is 0 Å². The fourth-order valence-corrected chi connectivity index (χ4v) is 3.71. The summed E-state index contributed by atoms with van der Waals surface area (Å²) in [6.07, 6.45) is 1.65. The lowest BCUT2D eigenvalue weighted by Gasteiger charge is -2.58.